The van der Waals surface area contributed by atoms with E-state index >= 15 is 0 Å². The van der Waals surface area contributed by atoms with Crippen molar-refractivity contribution in [3.8, 4) is 0 Å². The summed E-state index contributed by atoms with van der Waals surface area (Å²) in [5.74, 6) is 0.698. The summed E-state index contributed by atoms with van der Waals surface area (Å²) < 4.78 is 2.07. The highest BCUT2D eigenvalue weighted by atomic mass is 35.5. The van der Waals surface area contributed by atoms with Crippen molar-refractivity contribution in [3.63, 3.8) is 0 Å². The molecule has 0 saturated heterocycles. The summed E-state index contributed by atoms with van der Waals surface area (Å²) >= 11 is 6.07. The van der Waals surface area contributed by atoms with Gasteiger partial charge in [-0.15, -0.1) is 0 Å². The second kappa shape index (κ2) is 4.63. The van der Waals surface area contributed by atoms with E-state index < -0.39 is 0 Å². The van der Waals surface area contributed by atoms with Gasteiger partial charge in [-0.05, 0) is 31.1 Å². The fourth-order valence-electron chi connectivity index (χ4n) is 4.50. The maximum atomic E-state index is 9.78. The van der Waals surface area contributed by atoms with Gasteiger partial charge in [0.25, 0.3) is 0 Å². The Bertz CT molecular complexity index is 685. The van der Waals surface area contributed by atoms with Crippen LogP contribution in [0.2, 0.25) is 5.15 Å². The highest BCUT2D eigenvalue weighted by Gasteiger charge is 2.57. The van der Waals surface area contributed by atoms with E-state index in [-0.39, 0.29) is 30.6 Å². The minimum absolute atomic E-state index is 0.0313. The Morgan fingerprint density at radius 1 is 1.24 bits per heavy atom. The highest BCUT2D eigenvalue weighted by Crippen LogP contribution is 2.61. The van der Waals surface area contributed by atoms with Crippen molar-refractivity contribution >= 4 is 22.8 Å². The minimum atomic E-state index is -0.374. The molecule has 0 aromatic carbocycles. The van der Waals surface area contributed by atoms with E-state index in [9.17, 15) is 10.2 Å². The summed E-state index contributed by atoms with van der Waals surface area (Å²) in [4.78, 5) is 12.6. The Morgan fingerprint density at radius 2 is 2.05 bits per heavy atom. The van der Waals surface area contributed by atoms with Gasteiger partial charge >= 0.3 is 0 Å². The second-order valence-corrected chi connectivity index (χ2v) is 6.66. The van der Waals surface area contributed by atoms with Gasteiger partial charge in [0.2, 0.25) is 0 Å². The molecule has 2 aromatic heterocycles. The lowest BCUT2D eigenvalue weighted by Crippen LogP contribution is -2.36. The topological polar surface area (TPSA) is 84.1 Å². The van der Waals surface area contributed by atoms with Crippen LogP contribution in [0.15, 0.2) is 12.7 Å². The van der Waals surface area contributed by atoms with E-state index in [0.717, 1.165) is 24.9 Å². The molecule has 0 unspecified atom stereocenters. The van der Waals surface area contributed by atoms with Crippen LogP contribution in [0.5, 0.6) is 0 Å². The Hall–Kier alpha value is -1.24. The molecule has 112 valence electrons. The third-order valence-electron chi connectivity index (χ3n) is 5.46. The molecule has 2 aliphatic carbocycles. The molecule has 7 heteroatoms. The molecule has 2 aliphatic rings. The monoisotopic (exact) mass is 308 g/mol. The maximum Gasteiger partial charge on any atom is 0.165 e. The van der Waals surface area contributed by atoms with E-state index in [1.807, 2.05) is 0 Å². The molecule has 21 heavy (non-hydrogen) atoms. The number of hydrogen-bond acceptors (Lipinski definition) is 5. The Balaban J connectivity index is 1.82. The van der Waals surface area contributed by atoms with Gasteiger partial charge in [-0.3, -0.25) is 0 Å². The van der Waals surface area contributed by atoms with Gasteiger partial charge in [0, 0.05) is 11.5 Å². The van der Waals surface area contributed by atoms with Crippen LogP contribution in [0.1, 0.15) is 25.3 Å². The number of aliphatic hydroxyl groups excluding tert-OH is 2. The van der Waals surface area contributed by atoms with Crippen LogP contribution in [0.4, 0.5) is 0 Å². The first-order chi connectivity index (χ1) is 10.2. The largest absolute Gasteiger partial charge is 0.396 e. The fraction of sp³-hybridized carbons (Fsp3) is 0.643. The molecule has 3 atom stereocenters. The zero-order chi connectivity index (χ0) is 14.6. The predicted molar refractivity (Wildman–Crippen MR) is 76.8 cm³/mol. The summed E-state index contributed by atoms with van der Waals surface area (Å²) in [5, 5.41) is 19.9. The number of nitrogens with zero attached hydrogens (tertiary/aromatic N) is 4. The molecule has 2 fully saturated rings. The van der Waals surface area contributed by atoms with E-state index in [1.165, 1.54) is 6.33 Å². The standard InChI is InChI=1S/C14H17ClN4O2/c15-12-10-13(17-6-16-12)19(7-18-10)11-8-1-2-9(11)14(3-8,4-20)5-21/h6-9,11,20-21H,1-5H2/t8-,9-,11+/m0/s1. The van der Waals surface area contributed by atoms with Crippen LogP contribution in [0, 0.1) is 17.3 Å². The molecule has 4 rings (SSSR count). The fourth-order valence-corrected chi connectivity index (χ4v) is 4.68. The smallest absolute Gasteiger partial charge is 0.165 e. The van der Waals surface area contributed by atoms with Gasteiger partial charge in [0.1, 0.15) is 11.8 Å². The van der Waals surface area contributed by atoms with Crippen molar-refractivity contribution in [2.24, 2.45) is 17.3 Å². The third-order valence-corrected chi connectivity index (χ3v) is 5.74. The number of hydrogen-bond donors (Lipinski definition) is 2. The molecule has 2 saturated carbocycles. The number of halogens is 1. The van der Waals surface area contributed by atoms with Crippen molar-refractivity contribution in [1.29, 1.82) is 0 Å². The van der Waals surface area contributed by atoms with Gasteiger partial charge in [0.15, 0.2) is 10.8 Å². The van der Waals surface area contributed by atoms with Crippen LogP contribution in [0.3, 0.4) is 0 Å². The van der Waals surface area contributed by atoms with Crippen molar-refractivity contribution in [3.05, 3.63) is 17.8 Å². The summed E-state index contributed by atoms with van der Waals surface area (Å²) in [5.41, 5.74) is 0.980. The first-order valence-electron chi connectivity index (χ1n) is 7.25. The van der Waals surface area contributed by atoms with E-state index in [4.69, 9.17) is 11.6 Å². The molecule has 0 aliphatic heterocycles. The number of aliphatic hydroxyl groups is 2. The summed E-state index contributed by atoms with van der Waals surface area (Å²) in [7, 11) is 0. The first kappa shape index (κ1) is 13.4. The van der Waals surface area contributed by atoms with E-state index in [0.29, 0.717) is 16.6 Å². The van der Waals surface area contributed by atoms with Crippen molar-refractivity contribution in [1.82, 2.24) is 19.5 Å². The first-order valence-corrected chi connectivity index (χ1v) is 7.63. The molecule has 0 spiro atoms. The molecule has 0 amide bonds. The van der Waals surface area contributed by atoms with Crippen LogP contribution in [0.25, 0.3) is 11.2 Å². The summed E-state index contributed by atoms with van der Waals surface area (Å²) in [6, 6.07) is 0.222. The van der Waals surface area contributed by atoms with Gasteiger partial charge in [0.05, 0.1) is 19.5 Å². The zero-order valence-corrected chi connectivity index (χ0v) is 12.2. The highest BCUT2D eigenvalue weighted by molar-refractivity contribution is 6.33. The number of imidazole rings is 1. The third kappa shape index (κ3) is 1.69. The maximum absolute atomic E-state index is 9.78. The van der Waals surface area contributed by atoms with Crippen molar-refractivity contribution in [2.75, 3.05) is 13.2 Å². The van der Waals surface area contributed by atoms with Crippen LogP contribution < -0.4 is 0 Å². The van der Waals surface area contributed by atoms with Crippen LogP contribution in [-0.2, 0) is 0 Å². The molecule has 6 nitrogen and oxygen atoms in total. The lowest BCUT2D eigenvalue weighted by molar-refractivity contribution is 0.00467. The summed E-state index contributed by atoms with van der Waals surface area (Å²) in [6.45, 7) is 0.0626. The Kier molecular flexibility index (Phi) is 2.96. The lowest BCUT2D eigenvalue weighted by Gasteiger charge is -2.34. The average molecular weight is 309 g/mol. The second-order valence-electron chi connectivity index (χ2n) is 6.31. The molecular formula is C14H17ClN4O2. The molecule has 0 radical (unpaired) electrons. The predicted octanol–water partition coefficient (Wildman–Crippen LogP) is 1.42. The van der Waals surface area contributed by atoms with E-state index in [1.54, 1.807) is 6.33 Å². The van der Waals surface area contributed by atoms with Crippen LogP contribution in [-0.4, -0.2) is 42.9 Å². The number of rotatable bonds is 3. The molecule has 2 aromatic rings. The van der Waals surface area contributed by atoms with Gasteiger partial charge in [-0.25, -0.2) is 15.0 Å². The quantitative estimate of drug-likeness (QED) is 0.838. The van der Waals surface area contributed by atoms with E-state index in [2.05, 4.69) is 19.5 Å². The summed E-state index contributed by atoms with van der Waals surface area (Å²) in [6.07, 6.45) is 6.22. The normalized spacial score (nSPS) is 30.3. The van der Waals surface area contributed by atoms with Crippen molar-refractivity contribution in [2.45, 2.75) is 25.3 Å². The van der Waals surface area contributed by atoms with Gasteiger partial charge < -0.3 is 14.8 Å². The molecule has 2 N–H and O–H groups in total. The lowest BCUT2D eigenvalue weighted by atomic mass is 9.74. The average Bonchev–Trinajstić information content (AvgIpc) is 3.17. The zero-order valence-electron chi connectivity index (χ0n) is 11.5. The van der Waals surface area contributed by atoms with Crippen molar-refractivity contribution < 1.29 is 10.2 Å². The number of fused-ring (bicyclic) bond motifs is 3. The minimum Gasteiger partial charge on any atom is -0.396 e. The SMILES string of the molecule is OCC1(CO)C[C@@H]2CC[C@H]1[C@@H]2n1cnc2c(Cl)ncnc21. The van der Waals surface area contributed by atoms with Crippen LogP contribution >= 0.6 is 11.6 Å². The Labute approximate surface area is 126 Å². The number of aromatic nitrogens is 4. The molecule has 2 bridgehead atoms. The van der Waals surface area contributed by atoms with Gasteiger partial charge in [-0.1, -0.05) is 11.6 Å². The Morgan fingerprint density at radius 3 is 2.76 bits per heavy atom. The molecule has 2 heterocycles. The van der Waals surface area contributed by atoms with Gasteiger partial charge in [-0.2, -0.15) is 0 Å². The molecular weight excluding hydrogens is 292 g/mol.